The third-order valence-electron chi connectivity index (χ3n) is 3.82. The molecule has 19 heavy (non-hydrogen) atoms. The van der Waals surface area contributed by atoms with Gasteiger partial charge in [0, 0.05) is 29.9 Å². The summed E-state index contributed by atoms with van der Waals surface area (Å²) in [6, 6.07) is 8.74. The monoisotopic (exact) mass is 259 g/mol. The van der Waals surface area contributed by atoms with Crippen molar-refractivity contribution in [2.24, 2.45) is 0 Å². The molecule has 1 aromatic rings. The van der Waals surface area contributed by atoms with Crippen LogP contribution in [0.15, 0.2) is 24.3 Å². The van der Waals surface area contributed by atoms with Crippen LogP contribution in [0.2, 0.25) is 0 Å². The van der Waals surface area contributed by atoms with Crippen molar-refractivity contribution in [2.75, 3.05) is 25.5 Å². The molecule has 0 aromatic heterocycles. The number of carbonyl (C=O) groups is 1. The number of benzene rings is 1. The van der Waals surface area contributed by atoms with E-state index in [-0.39, 0.29) is 5.91 Å². The van der Waals surface area contributed by atoms with Gasteiger partial charge in [0.1, 0.15) is 0 Å². The first kappa shape index (κ1) is 12.5. The van der Waals surface area contributed by atoms with Crippen molar-refractivity contribution in [3.05, 3.63) is 29.8 Å². The van der Waals surface area contributed by atoms with Gasteiger partial charge in [0.05, 0.1) is 0 Å². The summed E-state index contributed by atoms with van der Waals surface area (Å²) in [6.07, 6.45) is 3.43. The van der Waals surface area contributed by atoms with Crippen molar-refractivity contribution in [1.29, 1.82) is 0 Å². The topological polar surface area (TPSA) is 44.4 Å². The second-order valence-electron chi connectivity index (χ2n) is 5.72. The standard InChI is InChI=1S/C15H21N3O/c1-18-9-8-14(10-18)16-12-4-2-11(3-5-12)15(19)17-13-6-7-13/h2-5,13-14,16H,6-10H2,1H3,(H,17,19). The number of hydrogen-bond donors (Lipinski definition) is 2. The highest BCUT2D eigenvalue weighted by Gasteiger charge is 2.23. The molecule has 2 N–H and O–H groups in total. The third kappa shape index (κ3) is 3.26. The van der Waals surface area contributed by atoms with Crippen molar-refractivity contribution in [2.45, 2.75) is 31.3 Å². The Labute approximate surface area is 114 Å². The van der Waals surface area contributed by atoms with E-state index in [9.17, 15) is 4.79 Å². The number of amides is 1. The minimum atomic E-state index is 0.0506. The van der Waals surface area contributed by atoms with Crippen molar-refractivity contribution < 1.29 is 4.79 Å². The van der Waals surface area contributed by atoms with E-state index in [4.69, 9.17) is 0 Å². The predicted octanol–water partition coefficient (Wildman–Crippen LogP) is 1.69. The number of nitrogens with zero attached hydrogens (tertiary/aromatic N) is 1. The lowest BCUT2D eigenvalue weighted by atomic mass is 10.1. The van der Waals surface area contributed by atoms with Crippen LogP contribution < -0.4 is 10.6 Å². The second-order valence-corrected chi connectivity index (χ2v) is 5.72. The van der Waals surface area contributed by atoms with Crippen LogP contribution in [0.3, 0.4) is 0 Å². The molecule has 0 bridgehead atoms. The highest BCUT2D eigenvalue weighted by molar-refractivity contribution is 5.94. The molecule has 1 unspecified atom stereocenters. The molecule has 1 amide bonds. The maximum atomic E-state index is 11.9. The van der Waals surface area contributed by atoms with Crippen molar-refractivity contribution >= 4 is 11.6 Å². The molecule has 1 aromatic carbocycles. The Bertz CT molecular complexity index is 453. The molecule has 0 radical (unpaired) electrons. The van der Waals surface area contributed by atoms with Gasteiger partial charge in [-0.15, -0.1) is 0 Å². The van der Waals surface area contributed by atoms with Gasteiger partial charge in [-0.25, -0.2) is 0 Å². The Morgan fingerprint density at radius 3 is 2.47 bits per heavy atom. The molecule has 1 aliphatic heterocycles. The predicted molar refractivity (Wildman–Crippen MR) is 76.5 cm³/mol. The minimum absolute atomic E-state index is 0.0506. The SMILES string of the molecule is CN1CCC(Nc2ccc(C(=O)NC3CC3)cc2)C1. The Morgan fingerprint density at radius 1 is 1.16 bits per heavy atom. The zero-order valence-electron chi connectivity index (χ0n) is 11.4. The fraction of sp³-hybridized carbons (Fsp3) is 0.533. The molecule has 1 saturated carbocycles. The van der Waals surface area contributed by atoms with Crippen molar-refractivity contribution in [3.63, 3.8) is 0 Å². The summed E-state index contributed by atoms with van der Waals surface area (Å²) < 4.78 is 0. The van der Waals surface area contributed by atoms with Crippen LogP contribution in [-0.4, -0.2) is 43.0 Å². The summed E-state index contributed by atoms with van der Waals surface area (Å²) in [4.78, 5) is 14.2. The second kappa shape index (κ2) is 5.21. The maximum Gasteiger partial charge on any atom is 0.251 e. The summed E-state index contributed by atoms with van der Waals surface area (Å²) in [5, 5.41) is 6.52. The van der Waals surface area contributed by atoms with E-state index in [0.29, 0.717) is 12.1 Å². The quantitative estimate of drug-likeness (QED) is 0.865. The van der Waals surface area contributed by atoms with Crippen LogP contribution in [-0.2, 0) is 0 Å². The average molecular weight is 259 g/mol. The zero-order valence-corrected chi connectivity index (χ0v) is 11.4. The third-order valence-corrected chi connectivity index (χ3v) is 3.82. The van der Waals surface area contributed by atoms with Crippen LogP contribution >= 0.6 is 0 Å². The van der Waals surface area contributed by atoms with E-state index >= 15 is 0 Å². The molecule has 3 rings (SSSR count). The lowest BCUT2D eigenvalue weighted by molar-refractivity contribution is 0.0951. The fourth-order valence-electron chi connectivity index (χ4n) is 2.50. The van der Waals surface area contributed by atoms with Crippen molar-refractivity contribution in [3.8, 4) is 0 Å². The first-order valence-electron chi connectivity index (χ1n) is 7.07. The van der Waals surface area contributed by atoms with E-state index in [1.165, 1.54) is 6.42 Å². The molecule has 2 aliphatic rings. The summed E-state index contributed by atoms with van der Waals surface area (Å²) in [5.41, 5.74) is 1.85. The molecule has 1 aliphatic carbocycles. The first-order valence-corrected chi connectivity index (χ1v) is 7.07. The number of nitrogens with one attached hydrogen (secondary N) is 2. The molecule has 1 heterocycles. The van der Waals surface area contributed by atoms with Gasteiger partial charge in [0.25, 0.3) is 5.91 Å². The molecule has 4 heteroatoms. The van der Waals surface area contributed by atoms with Gasteiger partial charge in [-0.1, -0.05) is 0 Å². The van der Waals surface area contributed by atoms with Gasteiger partial charge < -0.3 is 15.5 Å². The summed E-state index contributed by atoms with van der Waals surface area (Å²) >= 11 is 0. The molecule has 0 spiro atoms. The van der Waals surface area contributed by atoms with E-state index in [2.05, 4.69) is 22.6 Å². The lowest BCUT2D eigenvalue weighted by Crippen LogP contribution is -2.25. The Morgan fingerprint density at radius 2 is 1.89 bits per heavy atom. The molecule has 2 fully saturated rings. The van der Waals surface area contributed by atoms with Crippen LogP contribution in [0.25, 0.3) is 0 Å². The number of rotatable bonds is 4. The summed E-state index contributed by atoms with van der Waals surface area (Å²) in [7, 11) is 2.15. The van der Waals surface area contributed by atoms with Gasteiger partial charge >= 0.3 is 0 Å². The van der Waals surface area contributed by atoms with Gasteiger partial charge in [-0.3, -0.25) is 4.79 Å². The summed E-state index contributed by atoms with van der Waals surface area (Å²) in [5.74, 6) is 0.0506. The molecule has 1 atom stereocenters. The summed E-state index contributed by atoms with van der Waals surface area (Å²) in [6.45, 7) is 2.24. The Hall–Kier alpha value is -1.55. The van der Waals surface area contributed by atoms with Gasteiger partial charge in [-0.05, 0) is 57.1 Å². The fourth-order valence-corrected chi connectivity index (χ4v) is 2.50. The first-order chi connectivity index (χ1) is 9.20. The number of hydrogen-bond acceptors (Lipinski definition) is 3. The van der Waals surface area contributed by atoms with Crippen molar-refractivity contribution in [1.82, 2.24) is 10.2 Å². The number of likely N-dealkylation sites (N-methyl/N-ethyl adjacent to an activating group) is 1. The molecule has 4 nitrogen and oxygen atoms in total. The molecule has 1 saturated heterocycles. The van der Waals surface area contributed by atoms with Gasteiger partial charge in [0.15, 0.2) is 0 Å². The largest absolute Gasteiger partial charge is 0.381 e. The van der Waals surface area contributed by atoms with E-state index in [0.717, 1.165) is 37.2 Å². The highest BCUT2D eigenvalue weighted by Crippen LogP contribution is 2.20. The van der Waals surface area contributed by atoms with E-state index in [1.807, 2.05) is 24.3 Å². The highest BCUT2D eigenvalue weighted by atomic mass is 16.1. The van der Waals surface area contributed by atoms with Crippen LogP contribution in [0.5, 0.6) is 0 Å². The van der Waals surface area contributed by atoms with Gasteiger partial charge in [0.2, 0.25) is 0 Å². The smallest absolute Gasteiger partial charge is 0.251 e. The Kier molecular flexibility index (Phi) is 3.42. The number of anilines is 1. The number of carbonyl (C=O) groups excluding carboxylic acids is 1. The molecular weight excluding hydrogens is 238 g/mol. The zero-order chi connectivity index (χ0) is 13.2. The van der Waals surface area contributed by atoms with Crippen LogP contribution in [0.4, 0.5) is 5.69 Å². The normalized spacial score (nSPS) is 23.3. The van der Waals surface area contributed by atoms with Crippen LogP contribution in [0, 0.1) is 0 Å². The maximum absolute atomic E-state index is 11.9. The lowest BCUT2D eigenvalue weighted by Gasteiger charge is -2.14. The van der Waals surface area contributed by atoms with E-state index in [1.54, 1.807) is 0 Å². The Balaban J connectivity index is 1.57. The average Bonchev–Trinajstić information content (AvgIpc) is 3.12. The molecular formula is C15H21N3O. The minimum Gasteiger partial charge on any atom is -0.381 e. The van der Waals surface area contributed by atoms with E-state index < -0.39 is 0 Å². The van der Waals surface area contributed by atoms with Gasteiger partial charge in [-0.2, -0.15) is 0 Å². The molecule has 102 valence electrons. The number of likely N-dealkylation sites (tertiary alicyclic amines) is 1. The van der Waals surface area contributed by atoms with Crippen LogP contribution in [0.1, 0.15) is 29.6 Å².